The van der Waals surface area contributed by atoms with E-state index in [1.54, 1.807) is 35.6 Å². The zero-order chi connectivity index (χ0) is 23.2. The van der Waals surface area contributed by atoms with Crippen LogP contribution in [0, 0.1) is 10.1 Å². The average molecular weight is 498 g/mol. The van der Waals surface area contributed by atoms with E-state index in [-0.39, 0.29) is 24.0 Å². The number of nitro benzene ring substituents is 1. The highest BCUT2D eigenvalue weighted by Gasteiger charge is 2.19. The van der Waals surface area contributed by atoms with E-state index >= 15 is 0 Å². The highest BCUT2D eigenvalue weighted by molar-refractivity contribution is 7.22. The standard InChI is InChI=1S/C24H23N5O3S.ClH/c1-2-19-7-4-9-21-23(19)26-24(33-21)28(14-5-13-27-15-12-25-17-27)22(30)11-10-18-6-3-8-20(16-18)29(31)32;/h3-4,6-12,15-17H,2,5,13-14H2,1H3;1H/b11-10+;. The summed E-state index contributed by atoms with van der Waals surface area (Å²) < 4.78 is 3.01. The number of imidazole rings is 1. The molecule has 2 heterocycles. The van der Waals surface area contributed by atoms with E-state index in [0.29, 0.717) is 17.2 Å². The van der Waals surface area contributed by atoms with Gasteiger partial charge in [-0.2, -0.15) is 0 Å². The van der Waals surface area contributed by atoms with Crippen molar-refractivity contribution in [3.8, 4) is 0 Å². The molecule has 0 saturated heterocycles. The normalized spacial score (nSPS) is 11.0. The Kier molecular flexibility index (Phi) is 8.50. The van der Waals surface area contributed by atoms with Crippen LogP contribution in [-0.2, 0) is 17.8 Å². The van der Waals surface area contributed by atoms with E-state index in [1.165, 1.54) is 29.5 Å². The van der Waals surface area contributed by atoms with Gasteiger partial charge in [-0.1, -0.05) is 42.5 Å². The van der Waals surface area contributed by atoms with Crippen LogP contribution in [0.15, 0.2) is 67.3 Å². The Hall–Kier alpha value is -3.56. The second-order valence-corrected chi connectivity index (χ2v) is 8.45. The molecule has 0 unspecified atom stereocenters. The van der Waals surface area contributed by atoms with E-state index in [2.05, 4.69) is 18.0 Å². The van der Waals surface area contributed by atoms with Crippen molar-refractivity contribution in [3.05, 3.63) is 88.5 Å². The zero-order valence-electron chi connectivity index (χ0n) is 18.5. The number of carbonyl (C=O) groups excluding carboxylic acids is 1. The Labute approximate surface area is 207 Å². The Morgan fingerprint density at radius 2 is 2.09 bits per heavy atom. The van der Waals surface area contributed by atoms with Gasteiger partial charge < -0.3 is 4.57 Å². The number of carbonyl (C=O) groups is 1. The highest BCUT2D eigenvalue weighted by Crippen LogP contribution is 2.31. The number of benzene rings is 2. The van der Waals surface area contributed by atoms with Crippen LogP contribution >= 0.6 is 23.7 Å². The molecular formula is C24H24ClN5O3S. The summed E-state index contributed by atoms with van der Waals surface area (Å²) in [5.74, 6) is -0.218. The van der Waals surface area contributed by atoms with E-state index in [9.17, 15) is 14.9 Å². The number of aryl methyl sites for hydroxylation is 2. The van der Waals surface area contributed by atoms with Crippen molar-refractivity contribution >= 4 is 56.8 Å². The van der Waals surface area contributed by atoms with Crippen LogP contribution in [0.4, 0.5) is 10.8 Å². The monoisotopic (exact) mass is 497 g/mol. The molecule has 0 bridgehead atoms. The number of anilines is 1. The number of halogens is 1. The molecule has 1 amide bonds. The smallest absolute Gasteiger partial charge is 0.270 e. The largest absolute Gasteiger partial charge is 0.337 e. The minimum atomic E-state index is -0.450. The minimum Gasteiger partial charge on any atom is -0.337 e. The maximum atomic E-state index is 13.2. The number of nitro groups is 1. The lowest BCUT2D eigenvalue weighted by atomic mass is 10.1. The molecule has 0 fully saturated rings. The van der Waals surface area contributed by atoms with Crippen LogP contribution in [-0.4, -0.2) is 31.9 Å². The molecule has 0 spiro atoms. The van der Waals surface area contributed by atoms with Gasteiger partial charge in [0.1, 0.15) is 0 Å². The van der Waals surface area contributed by atoms with Gasteiger partial charge >= 0.3 is 0 Å². The average Bonchev–Trinajstić information content (AvgIpc) is 3.50. The van der Waals surface area contributed by atoms with Crippen LogP contribution in [0.25, 0.3) is 16.3 Å². The summed E-state index contributed by atoms with van der Waals surface area (Å²) in [5, 5.41) is 11.7. The molecule has 0 saturated carbocycles. The summed E-state index contributed by atoms with van der Waals surface area (Å²) in [7, 11) is 0. The van der Waals surface area contributed by atoms with Crippen LogP contribution in [0.5, 0.6) is 0 Å². The van der Waals surface area contributed by atoms with Crippen LogP contribution in [0.3, 0.4) is 0 Å². The van der Waals surface area contributed by atoms with E-state index in [0.717, 1.165) is 35.2 Å². The number of non-ortho nitro benzene ring substituents is 1. The molecule has 4 aromatic rings. The Morgan fingerprint density at radius 1 is 1.26 bits per heavy atom. The van der Waals surface area contributed by atoms with Crippen molar-refractivity contribution in [2.45, 2.75) is 26.3 Å². The first-order chi connectivity index (χ1) is 16.0. The fourth-order valence-electron chi connectivity index (χ4n) is 3.52. The third kappa shape index (κ3) is 5.86. The van der Waals surface area contributed by atoms with Gasteiger partial charge in [0.25, 0.3) is 11.6 Å². The summed E-state index contributed by atoms with van der Waals surface area (Å²) in [6, 6.07) is 12.3. The Bertz CT molecular complexity index is 1300. The lowest BCUT2D eigenvalue weighted by Gasteiger charge is -2.18. The molecule has 2 aromatic heterocycles. The Balaban J connectivity index is 0.00000324. The van der Waals surface area contributed by atoms with Crippen LogP contribution in [0.1, 0.15) is 24.5 Å². The maximum Gasteiger partial charge on any atom is 0.270 e. The lowest BCUT2D eigenvalue weighted by molar-refractivity contribution is -0.384. The third-order valence-electron chi connectivity index (χ3n) is 5.23. The molecule has 176 valence electrons. The number of hydrogen-bond donors (Lipinski definition) is 0. The number of thiazole rings is 1. The van der Waals surface area contributed by atoms with Gasteiger partial charge in [0.2, 0.25) is 0 Å². The molecule has 0 radical (unpaired) electrons. The van der Waals surface area contributed by atoms with E-state index in [1.807, 2.05) is 22.9 Å². The molecule has 10 heteroatoms. The lowest BCUT2D eigenvalue weighted by Crippen LogP contribution is -2.30. The predicted octanol–water partition coefficient (Wildman–Crippen LogP) is 5.52. The second-order valence-electron chi connectivity index (χ2n) is 7.44. The van der Waals surface area contributed by atoms with Crippen LogP contribution < -0.4 is 4.90 Å². The van der Waals surface area contributed by atoms with Gasteiger partial charge in [0.15, 0.2) is 5.13 Å². The second kappa shape index (κ2) is 11.5. The number of rotatable bonds is 9. The summed E-state index contributed by atoms with van der Waals surface area (Å²) in [4.78, 5) is 34.3. The van der Waals surface area contributed by atoms with Crippen molar-refractivity contribution in [1.82, 2.24) is 14.5 Å². The topological polar surface area (TPSA) is 94.2 Å². The summed E-state index contributed by atoms with van der Waals surface area (Å²) in [5.41, 5.74) is 2.65. The van der Waals surface area contributed by atoms with E-state index in [4.69, 9.17) is 4.98 Å². The highest BCUT2D eigenvalue weighted by atomic mass is 35.5. The number of amides is 1. The molecule has 8 nitrogen and oxygen atoms in total. The van der Waals surface area contributed by atoms with Gasteiger partial charge in [-0.15, -0.1) is 12.4 Å². The number of hydrogen-bond acceptors (Lipinski definition) is 6. The molecule has 34 heavy (non-hydrogen) atoms. The van der Waals surface area contributed by atoms with Crippen LogP contribution in [0.2, 0.25) is 0 Å². The van der Waals surface area contributed by atoms with Gasteiger partial charge in [0.05, 0.1) is 21.5 Å². The maximum absolute atomic E-state index is 13.2. The van der Waals surface area contributed by atoms with Crippen molar-refractivity contribution in [1.29, 1.82) is 0 Å². The van der Waals surface area contributed by atoms with Crippen molar-refractivity contribution in [3.63, 3.8) is 0 Å². The third-order valence-corrected chi connectivity index (χ3v) is 6.27. The fraction of sp³-hybridized carbons (Fsp3) is 0.208. The molecule has 0 aliphatic carbocycles. The first-order valence-corrected chi connectivity index (χ1v) is 11.4. The van der Waals surface area contributed by atoms with Crippen molar-refractivity contribution < 1.29 is 9.72 Å². The molecule has 2 aromatic carbocycles. The molecule has 0 aliphatic rings. The fourth-order valence-corrected chi connectivity index (χ4v) is 4.57. The molecular weight excluding hydrogens is 474 g/mol. The van der Waals surface area contributed by atoms with Gasteiger partial charge in [-0.3, -0.25) is 19.8 Å². The van der Waals surface area contributed by atoms with Gasteiger partial charge in [0, 0.05) is 43.7 Å². The first-order valence-electron chi connectivity index (χ1n) is 10.6. The Morgan fingerprint density at radius 3 is 2.82 bits per heavy atom. The van der Waals surface area contributed by atoms with Crippen molar-refractivity contribution in [2.75, 3.05) is 11.4 Å². The van der Waals surface area contributed by atoms with Gasteiger partial charge in [-0.25, -0.2) is 9.97 Å². The number of aromatic nitrogens is 3. The molecule has 4 rings (SSSR count). The quantitative estimate of drug-likeness (QED) is 0.172. The zero-order valence-corrected chi connectivity index (χ0v) is 20.2. The van der Waals surface area contributed by atoms with Gasteiger partial charge in [-0.05, 0) is 36.1 Å². The minimum absolute atomic E-state index is 0. The number of nitrogens with zero attached hydrogens (tertiary/aromatic N) is 5. The van der Waals surface area contributed by atoms with E-state index < -0.39 is 4.92 Å². The number of para-hydroxylation sites is 1. The number of fused-ring (bicyclic) bond motifs is 1. The molecule has 0 N–H and O–H groups in total. The first kappa shape index (κ1) is 25.1. The summed E-state index contributed by atoms with van der Waals surface area (Å²) in [6.07, 6.45) is 10.0. The van der Waals surface area contributed by atoms with Crippen molar-refractivity contribution in [2.24, 2.45) is 0 Å². The molecule has 0 aliphatic heterocycles. The SMILES string of the molecule is CCc1cccc2sc(N(CCCn3ccnc3)C(=O)/C=C/c3cccc([N+](=O)[O-])c3)nc12.Cl. The molecule has 0 atom stereocenters. The summed E-state index contributed by atoms with van der Waals surface area (Å²) in [6.45, 7) is 3.30. The predicted molar refractivity (Wildman–Crippen MR) is 138 cm³/mol. The summed E-state index contributed by atoms with van der Waals surface area (Å²) >= 11 is 1.49.